The molecule has 0 unspecified atom stereocenters. The Kier molecular flexibility index (Phi) is 8.48. The van der Waals surface area contributed by atoms with E-state index >= 15 is 0 Å². The molecule has 2 aromatic rings. The highest BCUT2D eigenvalue weighted by molar-refractivity contribution is 5.99. The molecule has 0 bridgehead atoms. The largest absolute Gasteiger partial charge is 0.508 e. The van der Waals surface area contributed by atoms with Crippen molar-refractivity contribution in [2.24, 2.45) is 0 Å². The van der Waals surface area contributed by atoms with Crippen LogP contribution in [0.3, 0.4) is 0 Å². The Morgan fingerprint density at radius 1 is 1.18 bits per heavy atom. The minimum Gasteiger partial charge on any atom is -0.508 e. The van der Waals surface area contributed by atoms with E-state index in [1.54, 1.807) is 12.1 Å². The van der Waals surface area contributed by atoms with Crippen molar-refractivity contribution < 1.29 is 19.1 Å². The van der Waals surface area contributed by atoms with Gasteiger partial charge >= 0.3 is 5.63 Å². The second kappa shape index (κ2) is 10.6. The zero-order chi connectivity index (χ0) is 19.2. The number of Topliss-reactive ketones (excluding diaryl/α,β-unsaturated/α-hetero) is 1. The van der Waals surface area contributed by atoms with Crippen LogP contribution >= 0.6 is 12.4 Å². The molecule has 6 nitrogen and oxygen atoms in total. The first-order valence-electron chi connectivity index (χ1n) is 9.71. The first-order chi connectivity index (χ1) is 13.1. The summed E-state index contributed by atoms with van der Waals surface area (Å²) in [7, 11) is 0. The SMILES string of the molecule is CCCCCc1cc(O)cc2oc(=O)c(C(=O)CCN3CCOCC3)cc12.Cl. The fourth-order valence-corrected chi connectivity index (χ4v) is 3.46. The lowest BCUT2D eigenvalue weighted by Gasteiger charge is -2.26. The first kappa shape index (κ1) is 22.4. The number of aromatic hydroxyl groups is 1. The monoisotopic (exact) mass is 409 g/mol. The molecule has 2 heterocycles. The molecule has 28 heavy (non-hydrogen) atoms. The third kappa shape index (κ3) is 5.56. The van der Waals surface area contributed by atoms with Crippen LogP contribution in [0.2, 0.25) is 0 Å². The molecule has 0 amide bonds. The second-order valence-corrected chi connectivity index (χ2v) is 7.05. The van der Waals surface area contributed by atoms with E-state index < -0.39 is 5.63 Å². The summed E-state index contributed by atoms with van der Waals surface area (Å²) in [6.07, 6.45) is 4.21. The molecule has 1 saturated heterocycles. The predicted octanol–water partition coefficient (Wildman–Crippen LogP) is 3.56. The minimum atomic E-state index is -0.639. The van der Waals surface area contributed by atoms with Gasteiger partial charge in [0.1, 0.15) is 16.9 Å². The third-order valence-corrected chi connectivity index (χ3v) is 5.03. The molecule has 1 N–H and O–H groups in total. The molecule has 3 rings (SSSR count). The topological polar surface area (TPSA) is 80.0 Å². The lowest BCUT2D eigenvalue weighted by atomic mass is 10.00. The molecule has 0 saturated carbocycles. The van der Waals surface area contributed by atoms with Crippen molar-refractivity contribution in [3.05, 3.63) is 39.7 Å². The average Bonchev–Trinajstić information content (AvgIpc) is 2.66. The highest BCUT2D eigenvalue weighted by Gasteiger charge is 2.18. The van der Waals surface area contributed by atoms with Crippen LogP contribution in [0.1, 0.15) is 48.5 Å². The maximum absolute atomic E-state index is 12.6. The van der Waals surface area contributed by atoms with Gasteiger partial charge in [0.2, 0.25) is 0 Å². The zero-order valence-electron chi connectivity index (χ0n) is 16.2. The van der Waals surface area contributed by atoms with Crippen molar-refractivity contribution >= 4 is 29.2 Å². The number of phenols is 1. The molecule has 0 spiro atoms. The lowest BCUT2D eigenvalue weighted by Crippen LogP contribution is -2.37. The Morgan fingerprint density at radius 2 is 1.93 bits per heavy atom. The van der Waals surface area contributed by atoms with Gasteiger partial charge in [-0.25, -0.2) is 4.79 Å². The maximum Gasteiger partial charge on any atom is 0.347 e. The maximum atomic E-state index is 12.6. The quantitative estimate of drug-likeness (QED) is 0.408. The molecule has 1 aromatic carbocycles. The number of ether oxygens (including phenoxy) is 1. The molecule has 1 fully saturated rings. The summed E-state index contributed by atoms with van der Waals surface area (Å²) in [5.74, 6) is -0.131. The van der Waals surface area contributed by atoms with E-state index in [9.17, 15) is 14.7 Å². The number of unbranched alkanes of at least 4 members (excludes halogenated alkanes) is 2. The number of ketones is 1. The Bertz CT molecular complexity index is 858. The third-order valence-electron chi connectivity index (χ3n) is 5.03. The van der Waals surface area contributed by atoms with Crippen LogP contribution in [0, 0.1) is 0 Å². The second-order valence-electron chi connectivity index (χ2n) is 7.05. The standard InChI is InChI=1S/C21H27NO5.ClH/c1-2-3-4-5-15-12-16(23)13-20-17(15)14-18(21(25)27-20)19(24)6-7-22-8-10-26-11-9-22;/h12-14,23H,2-11H2,1H3;1H. The summed E-state index contributed by atoms with van der Waals surface area (Å²) in [5.41, 5.74) is 0.693. The van der Waals surface area contributed by atoms with Crippen LogP contribution in [0.4, 0.5) is 0 Å². The van der Waals surface area contributed by atoms with Gasteiger partial charge in [-0.1, -0.05) is 19.8 Å². The predicted molar refractivity (Wildman–Crippen MR) is 111 cm³/mol. The number of nitrogens with zero attached hydrogens (tertiary/aromatic N) is 1. The number of fused-ring (bicyclic) bond motifs is 1. The summed E-state index contributed by atoms with van der Waals surface area (Å²) in [4.78, 5) is 27.1. The number of carbonyl (C=O) groups excluding carboxylic acids is 1. The molecule has 1 aromatic heterocycles. The van der Waals surface area contributed by atoms with Crippen LogP contribution in [0.15, 0.2) is 27.4 Å². The molecular formula is C21H28ClNO5. The van der Waals surface area contributed by atoms with Crippen LogP contribution in [0.5, 0.6) is 5.75 Å². The number of morpholine rings is 1. The van der Waals surface area contributed by atoms with Gasteiger partial charge in [0.15, 0.2) is 5.78 Å². The Morgan fingerprint density at radius 3 is 2.64 bits per heavy atom. The van der Waals surface area contributed by atoms with Gasteiger partial charge in [-0.2, -0.15) is 0 Å². The van der Waals surface area contributed by atoms with Crippen molar-refractivity contribution in [2.45, 2.75) is 39.0 Å². The molecule has 0 radical (unpaired) electrons. The molecule has 1 aliphatic rings. The van der Waals surface area contributed by atoms with Gasteiger partial charge in [0, 0.05) is 37.5 Å². The van der Waals surface area contributed by atoms with E-state index in [-0.39, 0.29) is 35.9 Å². The van der Waals surface area contributed by atoms with Crippen LogP contribution in [0.25, 0.3) is 11.0 Å². The van der Waals surface area contributed by atoms with Gasteiger partial charge in [0.25, 0.3) is 0 Å². The van der Waals surface area contributed by atoms with Gasteiger partial charge < -0.3 is 14.3 Å². The molecule has 1 aliphatic heterocycles. The number of rotatable bonds is 8. The molecular weight excluding hydrogens is 382 g/mol. The van der Waals surface area contributed by atoms with Crippen LogP contribution in [-0.2, 0) is 11.2 Å². The first-order valence-corrected chi connectivity index (χ1v) is 9.71. The fourth-order valence-electron chi connectivity index (χ4n) is 3.46. The minimum absolute atomic E-state index is 0. The van der Waals surface area contributed by atoms with Crippen molar-refractivity contribution in [2.75, 3.05) is 32.8 Å². The lowest BCUT2D eigenvalue weighted by molar-refractivity contribution is 0.0370. The van der Waals surface area contributed by atoms with Crippen LogP contribution in [-0.4, -0.2) is 48.6 Å². The van der Waals surface area contributed by atoms with Gasteiger partial charge in [-0.15, -0.1) is 12.4 Å². The molecule has 0 aliphatic carbocycles. The number of phenolic OH excluding ortho intramolecular Hbond substituents is 1. The fraction of sp³-hybridized carbons (Fsp3) is 0.524. The van der Waals surface area contributed by atoms with Gasteiger partial charge in [-0.3, -0.25) is 9.69 Å². The van der Waals surface area contributed by atoms with E-state index in [0.717, 1.165) is 49.7 Å². The zero-order valence-corrected chi connectivity index (χ0v) is 17.1. The van der Waals surface area contributed by atoms with Crippen LogP contribution < -0.4 is 5.63 Å². The van der Waals surface area contributed by atoms with Crippen molar-refractivity contribution in [1.82, 2.24) is 4.90 Å². The van der Waals surface area contributed by atoms with E-state index in [0.29, 0.717) is 25.3 Å². The molecule has 154 valence electrons. The number of hydrogen-bond acceptors (Lipinski definition) is 6. The number of halogens is 1. The highest BCUT2D eigenvalue weighted by Crippen LogP contribution is 2.26. The molecule has 0 atom stereocenters. The summed E-state index contributed by atoms with van der Waals surface area (Å²) >= 11 is 0. The van der Waals surface area contributed by atoms with E-state index in [4.69, 9.17) is 9.15 Å². The number of aryl methyl sites for hydroxylation is 1. The number of carbonyl (C=O) groups is 1. The average molecular weight is 410 g/mol. The smallest absolute Gasteiger partial charge is 0.347 e. The summed E-state index contributed by atoms with van der Waals surface area (Å²) in [5, 5.41) is 10.7. The normalized spacial score (nSPS) is 14.8. The summed E-state index contributed by atoms with van der Waals surface area (Å²) in [6.45, 7) is 5.71. The summed E-state index contributed by atoms with van der Waals surface area (Å²) < 4.78 is 10.7. The van der Waals surface area contributed by atoms with E-state index in [1.165, 1.54) is 6.07 Å². The van der Waals surface area contributed by atoms with Gasteiger partial charge in [0.05, 0.1) is 13.2 Å². The summed E-state index contributed by atoms with van der Waals surface area (Å²) in [6, 6.07) is 4.77. The van der Waals surface area contributed by atoms with Crippen molar-refractivity contribution in [3.63, 3.8) is 0 Å². The number of benzene rings is 1. The van der Waals surface area contributed by atoms with Gasteiger partial charge in [-0.05, 0) is 30.5 Å². The Balaban J connectivity index is 0.00000280. The van der Waals surface area contributed by atoms with E-state index in [1.807, 2.05) is 0 Å². The van der Waals surface area contributed by atoms with Crippen molar-refractivity contribution in [1.29, 1.82) is 0 Å². The highest BCUT2D eigenvalue weighted by atomic mass is 35.5. The van der Waals surface area contributed by atoms with E-state index in [2.05, 4.69) is 11.8 Å². The Hall–Kier alpha value is -1.89. The Labute approximate surface area is 170 Å². The van der Waals surface area contributed by atoms with Crippen molar-refractivity contribution in [3.8, 4) is 5.75 Å². The number of hydrogen-bond donors (Lipinski definition) is 1. The molecule has 7 heteroatoms.